The van der Waals surface area contributed by atoms with Gasteiger partial charge in [-0.05, 0) is 43.4 Å². The first-order valence-electron chi connectivity index (χ1n) is 5.93. The molecule has 3 nitrogen and oxygen atoms in total. The second-order valence-electron chi connectivity index (χ2n) is 5.99. The van der Waals surface area contributed by atoms with E-state index >= 15 is 0 Å². The number of nitrogens with one attached hydrogen (secondary N) is 1. The summed E-state index contributed by atoms with van der Waals surface area (Å²) in [4.78, 5) is 10.7. The molecule has 0 heterocycles. The Morgan fingerprint density at radius 2 is 1.80 bits per heavy atom. The quantitative estimate of drug-likeness (QED) is 0.726. The fourth-order valence-electron chi connectivity index (χ4n) is 2.58. The second-order valence-corrected chi connectivity index (χ2v) is 5.99. The zero-order chi connectivity index (χ0) is 11.5. The summed E-state index contributed by atoms with van der Waals surface area (Å²) in [5.41, 5.74) is 5.53. The molecule has 0 spiro atoms. The lowest BCUT2D eigenvalue weighted by molar-refractivity contribution is 0.209. The van der Waals surface area contributed by atoms with Crippen LogP contribution in [0.25, 0.3) is 0 Å². The molecule has 88 valence electrons. The number of primary amides is 1. The molecule has 3 heteroatoms. The Morgan fingerprint density at radius 1 is 1.27 bits per heavy atom. The van der Waals surface area contributed by atoms with Crippen molar-refractivity contribution < 1.29 is 4.79 Å². The summed E-state index contributed by atoms with van der Waals surface area (Å²) < 4.78 is 0. The first-order chi connectivity index (χ1) is 6.87. The maximum absolute atomic E-state index is 10.7. The molecule has 1 saturated carbocycles. The minimum atomic E-state index is -0.380. The Balaban J connectivity index is 2.27. The van der Waals surface area contributed by atoms with Gasteiger partial charge in [-0.2, -0.15) is 0 Å². The number of carbonyl (C=O) groups is 1. The van der Waals surface area contributed by atoms with E-state index in [9.17, 15) is 4.79 Å². The van der Waals surface area contributed by atoms with Gasteiger partial charge in [0, 0.05) is 6.04 Å². The van der Waals surface area contributed by atoms with Crippen LogP contribution in [0.2, 0.25) is 0 Å². The van der Waals surface area contributed by atoms with Crippen molar-refractivity contribution in [2.24, 2.45) is 17.1 Å². The van der Waals surface area contributed by atoms with Gasteiger partial charge in [-0.3, -0.25) is 0 Å². The van der Waals surface area contributed by atoms with Crippen molar-refractivity contribution in [2.45, 2.75) is 58.9 Å². The molecule has 0 aromatic heterocycles. The molecule has 1 fully saturated rings. The van der Waals surface area contributed by atoms with Crippen molar-refractivity contribution in [3.63, 3.8) is 0 Å². The number of carbonyl (C=O) groups excluding carboxylic acids is 1. The van der Waals surface area contributed by atoms with Crippen molar-refractivity contribution in [1.29, 1.82) is 0 Å². The molecule has 0 unspecified atom stereocenters. The smallest absolute Gasteiger partial charge is 0.312 e. The van der Waals surface area contributed by atoms with E-state index in [1.165, 1.54) is 19.3 Å². The first-order valence-corrected chi connectivity index (χ1v) is 5.93. The van der Waals surface area contributed by atoms with E-state index in [2.05, 4.69) is 26.1 Å². The van der Waals surface area contributed by atoms with Crippen molar-refractivity contribution in [1.82, 2.24) is 5.32 Å². The molecule has 0 radical (unpaired) electrons. The fourth-order valence-corrected chi connectivity index (χ4v) is 2.58. The average molecular weight is 212 g/mol. The van der Waals surface area contributed by atoms with Gasteiger partial charge < -0.3 is 11.1 Å². The van der Waals surface area contributed by atoms with Crippen LogP contribution in [0.4, 0.5) is 4.79 Å². The Hall–Kier alpha value is -0.730. The maximum atomic E-state index is 10.7. The van der Waals surface area contributed by atoms with Crippen LogP contribution in [0.1, 0.15) is 52.9 Å². The molecule has 0 aromatic rings. The third-order valence-electron chi connectivity index (χ3n) is 3.09. The van der Waals surface area contributed by atoms with Crippen molar-refractivity contribution in [2.75, 3.05) is 0 Å². The standard InChI is InChI=1S/C12H24N2O/c1-12(2,3)8-9-4-6-10(7-5-9)14-11(13)15/h9-10H,4-8H2,1-3H3,(H3,13,14,15). The maximum Gasteiger partial charge on any atom is 0.312 e. The van der Waals surface area contributed by atoms with Gasteiger partial charge in [0.1, 0.15) is 0 Å². The van der Waals surface area contributed by atoms with Gasteiger partial charge in [0.2, 0.25) is 0 Å². The molecule has 0 aromatic carbocycles. The van der Waals surface area contributed by atoms with Crippen LogP contribution in [-0.2, 0) is 0 Å². The lowest BCUT2D eigenvalue weighted by Crippen LogP contribution is -2.41. The molecule has 0 aliphatic heterocycles. The highest BCUT2D eigenvalue weighted by Crippen LogP contribution is 2.34. The monoisotopic (exact) mass is 212 g/mol. The molecule has 1 rings (SSSR count). The Morgan fingerprint density at radius 3 is 2.20 bits per heavy atom. The van der Waals surface area contributed by atoms with Gasteiger partial charge in [0.15, 0.2) is 0 Å². The SMILES string of the molecule is CC(C)(C)CC1CCC(NC(N)=O)CC1. The van der Waals surface area contributed by atoms with E-state index in [1.807, 2.05) is 0 Å². The summed E-state index contributed by atoms with van der Waals surface area (Å²) in [5.74, 6) is 0.830. The molecule has 0 atom stereocenters. The van der Waals surface area contributed by atoms with E-state index < -0.39 is 0 Å². The molecular formula is C12H24N2O. The minimum Gasteiger partial charge on any atom is -0.352 e. The van der Waals surface area contributed by atoms with E-state index in [-0.39, 0.29) is 6.03 Å². The third-order valence-corrected chi connectivity index (χ3v) is 3.09. The van der Waals surface area contributed by atoms with E-state index in [0.717, 1.165) is 18.8 Å². The largest absolute Gasteiger partial charge is 0.352 e. The van der Waals surface area contributed by atoms with Crippen LogP contribution in [0.5, 0.6) is 0 Å². The van der Waals surface area contributed by atoms with Crippen LogP contribution in [0.3, 0.4) is 0 Å². The summed E-state index contributed by atoms with van der Waals surface area (Å²) in [6.07, 6.45) is 5.91. The predicted octanol–water partition coefficient (Wildman–Crippen LogP) is 2.65. The van der Waals surface area contributed by atoms with Crippen molar-refractivity contribution >= 4 is 6.03 Å². The number of hydrogen-bond acceptors (Lipinski definition) is 1. The Bertz CT molecular complexity index is 212. The molecule has 0 saturated heterocycles. The summed E-state index contributed by atoms with van der Waals surface area (Å²) in [6.45, 7) is 6.88. The first kappa shape index (κ1) is 12.3. The lowest BCUT2D eigenvalue weighted by atomic mass is 9.76. The predicted molar refractivity (Wildman–Crippen MR) is 62.5 cm³/mol. The van der Waals surface area contributed by atoms with Gasteiger partial charge >= 0.3 is 6.03 Å². The number of hydrogen-bond donors (Lipinski definition) is 2. The molecular weight excluding hydrogens is 188 g/mol. The molecule has 1 aliphatic carbocycles. The zero-order valence-corrected chi connectivity index (χ0v) is 10.2. The number of nitrogens with two attached hydrogens (primary N) is 1. The van der Waals surface area contributed by atoms with Crippen LogP contribution >= 0.6 is 0 Å². The summed E-state index contributed by atoms with van der Waals surface area (Å²) in [7, 11) is 0. The number of rotatable bonds is 2. The second kappa shape index (κ2) is 4.86. The summed E-state index contributed by atoms with van der Waals surface area (Å²) >= 11 is 0. The van der Waals surface area contributed by atoms with Gasteiger partial charge in [-0.1, -0.05) is 20.8 Å². The topological polar surface area (TPSA) is 55.1 Å². The minimum absolute atomic E-state index is 0.318. The van der Waals surface area contributed by atoms with E-state index in [4.69, 9.17) is 5.73 Å². The normalized spacial score (nSPS) is 27.4. The van der Waals surface area contributed by atoms with Crippen molar-refractivity contribution in [3.05, 3.63) is 0 Å². The van der Waals surface area contributed by atoms with Crippen LogP contribution in [0, 0.1) is 11.3 Å². The molecule has 15 heavy (non-hydrogen) atoms. The molecule has 3 N–H and O–H groups in total. The summed E-state index contributed by atoms with van der Waals surface area (Å²) in [6, 6.07) is -0.0620. The molecule has 0 bridgehead atoms. The highest BCUT2D eigenvalue weighted by Gasteiger charge is 2.25. The Kier molecular flexibility index (Phi) is 4.00. The third kappa shape index (κ3) is 5.05. The van der Waals surface area contributed by atoms with Gasteiger partial charge in [-0.15, -0.1) is 0 Å². The van der Waals surface area contributed by atoms with Crippen LogP contribution < -0.4 is 11.1 Å². The zero-order valence-electron chi connectivity index (χ0n) is 10.2. The van der Waals surface area contributed by atoms with Crippen molar-refractivity contribution in [3.8, 4) is 0 Å². The molecule has 2 amide bonds. The fraction of sp³-hybridized carbons (Fsp3) is 0.917. The average Bonchev–Trinajstić information content (AvgIpc) is 2.05. The number of urea groups is 1. The van der Waals surface area contributed by atoms with Gasteiger partial charge in [-0.25, -0.2) is 4.79 Å². The highest BCUT2D eigenvalue weighted by molar-refractivity contribution is 5.71. The van der Waals surface area contributed by atoms with Gasteiger partial charge in [0.05, 0.1) is 0 Å². The summed E-state index contributed by atoms with van der Waals surface area (Å²) in [5, 5.41) is 2.80. The van der Waals surface area contributed by atoms with E-state index in [1.54, 1.807) is 0 Å². The number of amides is 2. The van der Waals surface area contributed by atoms with Crippen LogP contribution in [-0.4, -0.2) is 12.1 Å². The van der Waals surface area contributed by atoms with Crippen LogP contribution in [0.15, 0.2) is 0 Å². The highest BCUT2D eigenvalue weighted by atomic mass is 16.2. The lowest BCUT2D eigenvalue weighted by Gasteiger charge is -2.32. The van der Waals surface area contributed by atoms with E-state index in [0.29, 0.717) is 11.5 Å². The van der Waals surface area contributed by atoms with Gasteiger partial charge in [0.25, 0.3) is 0 Å². The molecule has 1 aliphatic rings. The Labute approximate surface area is 92.8 Å².